The van der Waals surface area contributed by atoms with Crippen molar-refractivity contribution in [3.63, 3.8) is 0 Å². The number of piperazine rings is 1. The Kier molecular flexibility index (Phi) is 5.56. The van der Waals surface area contributed by atoms with Gasteiger partial charge in [-0.25, -0.2) is 4.79 Å². The molecule has 156 valence electrons. The van der Waals surface area contributed by atoms with Crippen LogP contribution < -0.4 is 16.0 Å². The molecule has 1 aromatic heterocycles. The van der Waals surface area contributed by atoms with Crippen LogP contribution >= 0.6 is 0 Å². The smallest absolute Gasteiger partial charge is 0.408 e. The highest BCUT2D eigenvalue weighted by Gasteiger charge is 2.24. The van der Waals surface area contributed by atoms with Crippen LogP contribution in [0.1, 0.15) is 13.0 Å². The van der Waals surface area contributed by atoms with E-state index in [1.807, 2.05) is 18.2 Å². The fraction of sp³-hybridized carbons (Fsp3) is 0.318. The highest BCUT2D eigenvalue weighted by atomic mass is 16.4. The molecule has 0 bridgehead atoms. The van der Waals surface area contributed by atoms with Crippen molar-refractivity contribution in [1.82, 2.24) is 14.8 Å². The third kappa shape index (κ3) is 3.94. The maximum atomic E-state index is 12.6. The quantitative estimate of drug-likeness (QED) is 0.693. The van der Waals surface area contributed by atoms with Crippen LogP contribution in [0.3, 0.4) is 0 Å². The molecule has 4 rings (SSSR count). The summed E-state index contributed by atoms with van der Waals surface area (Å²) in [7, 11) is 0. The summed E-state index contributed by atoms with van der Waals surface area (Å²) in [5.74, 6) is -1.13. The van der Waals surface area contributed by atoms with E-state index in [2.05, 4.69) is 22.3 Å². The molecule has 1 saturated heterocycles. The van der Waals surface area contributed by atoms with Crippen LogP contribution in [0.5, 0.6) is 0 Å². The van der Waals surface area contributed by atoms with Gasteiger partial charge in [0.1, 0.15) is 6.04 Å². The van der Waals surface area contributed by atoms with Gasteiger partial charge in [0.05, 0.1) is 12.1 Å². The highest BCUT2D eigenvalue weighted by Crippen LogP contribution is 2.17. The van der Waals surface area contributed by atoms with Gasteiger partial charge in [-0.1, -0.05) is 30.3 Å². The molecule has 1 N–H and O–H groups in total. The topological polar surface area (TPSA) is 87.8 Å². The minimum atomic E-state index is -0.788. The molecule has 8 nitrogen and oxygen atoms in total. The standard InChI is InChI=1S/C22H24N4O4/c1-16(26-18-9-5-6-10-19(18)30-22(26)29)21(28)23-15-20(27)25-13-11-24(12-14-25)17-7-3-2-4-8-17/h2-10,16H,11-15H2,1H3,(H,23,28). The van der Waals surface area contributed by atoms with Gasteiger partial charge in [-0.3, -0.25) is 14.2 Å². The van der Waals surface area contributed by atoms with Gasteiger partial charge >= 0.3 is 5.76 Å². The molecule has 8 heteroatoms. The average Bonchev–Trinajstić information content (AvgIpc) is 3.13. The number of oxazole rings is 1. The predicted molar refractivity (Wildman–Crippen MR) is 113 cm³/mol. The molecule has 2 heterocycles. The lowest BCUT2D eigenvalue weighted by atomic mass is 10.2. The number of rotatable bonds is 5. The Balaban J connectivity index is 1.32. The SMILES string of the molecule is CC(C(=O)NCC(=O)N1CCN(c2ccccc2)CC1)n1c(=O)oc2ccccc21. The van der Waals surface area contributed by atoms with Crippen LogP contribution in [-0.4, -0.2) is 54.0 Å². The second kappa shape index (κ2) is 8.44. The van der Waals surface area contributed by atoms with Gasteiger partial charge in [-0.05, 0) is 31.2 Å². The van der Waals surface area contributed by atoms with Gasteiger partial charge in [-0.2, -0.15) is 0 Å². The third-order valence-corrected chi connectivity index (χ3v) is 5.45. The second-order valence-corrected chi connectivity index (χ2v) is 7.30. The number of nitrogens with one attached hydrogen (secondary N) is 1. The summed E-state index contributed by atoms with van der Waals surface area (Å²) in [6.07, 6.45) is 0. The minimum absolute atomic E-state index is 0.0982. The van der Waals surface area contributed by atoms with E-state index in [0.29, 0.717) is 24.2 Å². The Labute approximate surface area is 173 Å². The average molecular weight is 408 g/mol. The number of amides is 2. The maximum absolute atomic E-state index is 12.6. The lowest BCUT2D eigenvalue weighted by molar-refractivity contribution is -0.133. The van der Waals surface area contributed by atoms with Crippen LogP contribution in [0.2, 0.25) is 0 Å². The number of nitrogens with zero attached hydrogens (tertiary/aromatic N) is 3. The van der Waals surface area contributed by atoms with E-state index in [4.69, 9.17) is 4.42 Å². The largest absolute Gasteiger partial charge is 0.420 e. The normalized spacial score (nSPS) is 15.2. The number of hydrogen-bond acceptors (Lipinski definition) is 5. The van der Waals surface area contributed by atoms with Gasteiger partial charge < -0.3 is 19.5 Å². The van der Waals surface area contributed by atoms with E-state index in [9.17, 15) is 14.4 Å². The van der Waals surface area contributed by atoms with Crippen molar-refractivity contribution >= 4 is 28.6 Å². The minimum Gasteiger partial charge on any atom is -0.408 e. The Morgan fingerprint density at radius 3 is 2.40 bits per heavy atom. The van der Waals surface area contributed by atoms with E-state index in [-0.39, 0.29) is 12.5 Å². The molecular formula is C22H24N4O4. The maximum Gasteiger partial charge on any atom is 0.420 e. The predicted octanol–water partition coefficient (Wildman–Crippen LogP) is 1.62. The summed E-state index contributed by atoms with van der Waals surface area (Å²) in [5, 5.41) is 2.66. The van der Waals surface area contributed by atoms with Crippen molar-refractivity contribution in [1.29, 1.82) is 0 Å². The van der Waals surface area contributed by atoms with E-state index in [0.717, 1.165) is 18.8 Å². The Hall–Kier alpha value is -3.55. The molecule has 2 amide bonds. The summed E-state index contributed by atoms with van der Waals surface area (Å²) in [5.41, 5.74) is 2.12. The van der Waals surface area contributed by atoms with Crippen LogP contribution in [0, 0.1) is 0 Å². The monoisotopic (exact) mass is 408 g/mol. The van der Waals surface area contributed by atoms with Crippen LogP contribution in [-0.2, 0) is 9.59 Å². The van der Waals surface area contributed by atoms with Crippen LogP contribution in [0.15, 0.2) is 63.8 Å². The van der Waals surface area contributed by atoms with Gasteiger partial charge in [0.15, 0.2) is 5.58 Å². The van der Waals surface area contributed by atoms with Crippen molar-refractivity contribution in [2.24, 2.45) is 0 Å². The number of carbonyl (C=O) groups excluding carboxylic acids is 2. The van der Waals surface area contributed by atoms with Crippen molar-refractivity contribution in [3.05, 3.63) is 65.1 Å². The fourth-order valence-corrected chi connectivity index (χ4v) is 3.74. The number of fused-ring (bicyclic) bond motifs is 1. The molecule has 1 atom stereocenters. The Bertz CT molecular complexity index is 1100. The molecular weight excluding hydrogens is 384 g/mol. The van der Waals surface area contributed by atoms with Crippen LogP contribution in [0.4, 0.5) is 5.69 Å². The molecule has 1 unspecified atom stereocenters. The second-order valence-electron chi connectivity index (χ2n) is 7.30. The first-order valence-electron chi connectivity index (χ1n) is 10.00. The number of para-hydroxylation sites is 3. The lowest BCUT2D eigenvalue weighted by Crippen LogP contribution is -2.51. The van der Waals surface area contributed by atoms with E-state index >= 15 is 0 Å². The summed E-state index contributed by atoms with van der Waals surface area (Å²) in [4.78, 5) is 41.3. The highest BCUT2D eigenvalue weighted by molar-refractivity contribution is 5.87. The number of carbonyl (C=O) groups is 2. The zero-order valence-electron chi connectivity index (χ0n) is 16.8. The molecule has 1 aliphatic heterocycles. The fourth-order valence-electron chi connectivity index (χ4n) is 3.74. The molecule has 0 saturated carbocycles. The number of anilines is 1. The summed E-state index contributed by atoms with van der Waals surface area (Å²) in [6.45, 7) is 4.21. The Morgan fingerprint density at radius 1 is 1.00 bits per heavy atom. The Morgan fingerprint density at radius 2 is 1.67 bits per heavy atom. The number of benzene rings is 2. The lowest BCUT2D eigenvalue weighted by Gasteiger charge is -2.36. The molecule has 0 spiro atoms. The molecule has 2 aromatic carbocycles. The zero-order chi connectivity index (χ0) is 21.1. The number of aromatic nitrogens is 1. The van der Waals surface area contributed by atoms with Crippen molar-refractivity contribution in [3.8, 4) is 0 Å². The van der Waals surface area contributed by atoms with E-state index in [1.165, 1.54) is 4.57 Å². The summed E-state index contributed by atoms with van der Waals surface area (Å²) < 4.78 is 6.48. The van der Waals surface area contributed by atoms with E-state index < -0.39 is 17.7 Å². The van der Waals surface area contributed by atoms with Gasteiger partial charge in [0.25, 0.3) is 0 Å². The van der Waals surface area contributed by atoms with Gasteiger partial charge in [-0.15, -0.1) is 0 Å². The molecule has 1 fully saturated rings. The molecule has 1 aliphatic rings. The summed E-state index contributed by atoms with van der Waals surface area (Å²) in [6, 6.07) is 16.2. The first-order chi connectivity index (χ1) is 14.5. The van der Waals surface area contributed by atoms with Gasteiger partial charge in [0, 0.05) is 31.9 Å². The van der Waals surface area contributed by atoms with Crippen molar-refractivity contribution < 1.29 is 14.0 Å². The first kappa shape index (κ1) is 19.8. The molecule has 0 aliphatic carbocycles. The van der Waals surface area contributed by atoms with Crippen molar-refractivity contribution in [2.75, 3.05) is 37.6 Å². The summed E-state index contributed by atoms with van der Waals surface area (Å²) >= 11 is 0. The van der Waals surface area contributed by atoms with Gasteiger partial charge in [0.2, 0.25) is 11.8 Å². The first-order valence-corrected chi connectivity index (χ1v) is 10.00. The van der Waals surface area contributed by atoms with Crippen molar-refractivity contribution in [2.45, 2.75) is 13.0 Å². The molecule has 0 radical (unpaired) electrons. The number of hydrogen-bond donors (Lipinski definition) is 1. The molecule has 30 heavy (non-hydrogen) atoms. The van der Waals surface area contributed by atoms with Crippen LogP contribution in [0.25, 0.3) is 11.1 Å². The third-order valence-electron chi connectivity index (χ3n) is 5.45. The molecule has 3 aromatic rings. The zero-order valence-corrected chi connectivity index (χ0v) is 16.8. The van der Waals surface area contributed by atoms with E-state index in [1.54, 1.807) is 36.1 Å².